The highest BCUT2D eigenvalue weighted by atomic mass is 16.2. The van der Waals surface area contributed by atoms with Gasteiger partial charge in [-0.05, 0) is 30.2 Å². The van der Waals surface area contributed by atoms with Crippen molar-refractivity contribution in [1.29, 1.82) is 0 Å². The first-order valence-corrected chi connectivity index (χ1v) is 7.00. The molecule has 0 aliphatic carbocycles. The highest BCUT2D eigenvalue weighted by Gasteiger charge is 2.04. The van der Waals surface area contributed by atoms with Gasteiger partial charge in [0.1, 0.15) is 0 Å². The zero-order chi connectivity index (χ0) is 15.9. The zero-order valence-corrected chi connectivity index (χ0v) is 12.4. The zero-order valence-electron chi connectivity index (χ0n) is 12.4. The number of aryl methyl sites for hydroxylation is 1. The maximum atomic E-state index is 11.8. The second-order valence-electron chi connectivity index (χ2n) is 5.09. The van der Waals surface area contributed by atoms with Gasteiger partial charge in [-0.1, -0.05) is 42.0 Å². The number of benzene rings is 2. The van der Waals surface area contributed by atoms with Crippen molar-refractivity contribution in [2.75, 3.05) is 0 Å². The minimum absolute atomic E-state index is 0.258. The first-order valence-electron chi connectivity index (χ1n) is 7.00. The summed E-state index contributed by atoms with van der Waals surface area (Å²) in [6.07, 6.45) is 0. The van der Waals surface area contributed by atoms with E-state index < -0.39 is 5.91 Å². The molecule has 0 unspecified atom stereocenters. The summed E-state index contributed by atoms with van der Waals surface area (Å²) in [6, 6.07) is 14.6. The van der Waals surface area contributed by atoms with E-state index in [-0.39, 0.29) is 6.03 Å². The summed E-state index contributed by atoms with van der Waals surface area (Å²) in [7, 11) is 0. The molecule has 0 saturated heterocycles. The number of carbonyl (C=O) groups excluding carboxylic acids is 2. The summed E-state index contributed by atoms with van der Waals surface area (Å²) in [4.78, 5) is 22.9. The number of nitrogens with one attached hydrogen (secondary N) is 2. The van der Waals surface area contributed by atoms with Crippen LogP contribution in [-0.4, -0.2) is 11.9 Å². The predicted molar refractivity (Wildman–Crippen MR) is 85.2 cm³/mol. The second-order valence-corrected chi connectivity index (χ2v) is 5.09. The lowest BCUT2D eigenvalue weighted by atomic mass is 10.1. The van der Waals surface area contributed by atoms with Gasteiger partial charge in [-0.2, -0.15) is 0 Å². The first kappa shape index (κ1) is 15.6. The summed E-state index contributed by atoms with van der Waals surface area (Å²) < 4.78 is 0. The van der Waals surface area contributed by atoms with Crippen LogP contribution in [-0.2, 0) is 13.1 Å². The number of nitrogens with two attached hydrogens (primary N) is 1. The van der Waals surface area contributed by atoms with Gasteiger partial charge < -0.3 is 16.4 Å². The Labute approximate surface area is 129 Å². The second kappa shape index (κ2) is 7.26. The van der Waals surface area contributed by atoms with Crippen molar-refractivity contribution in [2.45, 2.75) is 20.0 Å². The average molecular weight is 297 g/mol. The van der Waals surface area contributed by atoms with Crippen molar-refractivity contribution in [3.8, 4) is 0 Å². The van der Waals surface area contributed by atoms with Crippen LogP contribution in [0.1, 0.15) is 27.0 Å². The first-order chi connectivity index (χ1) is 10.5. The molecule has 4 N–H and O–H groups in total. The van der Waals surface area contributed by atoms with Crippen LogP contribution in [0.5, 0.6) is 0 Å². The Kier molecular flexibility index (Phi) is 5.14. The maximum absolute atomic E-state index is 11.8. The highest BCUT2D eigenvalue weighted by molar-refractivity contribution is 5.92. The molecule has 5 nitrogen and oxygen atoms in total. The average Bonchev–Trinajstić information content (AvgIpc) is 2.51. The van der Waals surface area contributed by atoms with Crippen molar-refractivity contribution in [2.24, 2.45) is 5.73 Å². The number of carbonyl (C=O) groups is 2. The van der Waals surface area contributed by atoms with E-state index in [9.17, 15) is 9.59 Å². The van der Waals surface area contributed by atoms with E-state index in [2.05, 4.69) is 10.6 Å². The lowest BCUT2D eigenvalue weighted by molar-refractivity contribution is 0.1000. The molecular weight excluding hydrogens is 278 g/mol. The van der Waals surface area contributed by atoms with Gasteiger partial charge >= 0.3 is 6.03 Å². The van der Waals surface area contributed by atoms with Crippen molar-refractivity contribution >= 4 is 11.9 Å². The van der Waals surface area contributed by atoms with Crippen molar-refractivity contribution in [1.82, 2.24) is 10.6 Å². The molecule has 3 amide bonds. The standard InChI is InChI=1S/C17H19N3O2/c1-12-4-2-5-13(8-12)10-19-17(22)20-11-14-6-3-7-15(9-14)16(18)21/h2-9H,10-11H2,1H3,(H2,18,21)(H2,19,20,22). The van der Waals surface area contributed by atoms with Gasteiger partial charge in [0.25, 0.3) is 0 Å². The molecule has 0 aliphatic rings. The topological polar surface area (TPSA) is 84.2 Å². The molecule has 2 aromatic rings. The Morgan fingerprint density at radius 1 is 0.955 bits per heavy atom. The van der Waals surface area contributed by atoms with Gasteiger partial charge in [0.2, 0.25) is 5.91 Å². The smallest absolute Gasteiger partial charge is 0.315 e. The lowest BCUT2D eigenvalue weighted by Gasteiger charge is -2.09. The van der Waals surface area contributed by atoms with Gasteiger partial charge in [-0.3, -0.25) is 4.79 Å². The Bertz CT molecular complexity index is 683. The van der Waals surface area contributed by atoms with Crippen LogP contribution >= 0.6 is 0 Å². The number of hydrogen-bond acceptors (Lipinski definition) is 2. The molecule has 0 bridgehead atoms. The third kappa shape index (κ3) is 4.63. The van der Waals surface area contributed by atoms with Gasteiger partial charge in [-0.15, -0.1) is 0 Å². The largest absolute Gasteiger partial charge is 0.366 e. The van der Waals surface area contributed by atoms with Crippen molar-refractivity contribution in [3.63, 3.8) is 0 Å². The third-order valence-corrected chi connectivity index (χ3v) is 3.20. The van der Waals surface area contributed by atoms with Gasteiger partial charge in [0.05, 0.1) is 0 Å². The van der Waals surface area contributed by atoms with Crippen LogP contribution in [0.2, 0.25) is 0 Å². The molecule has 0 atom stereocenters. The van der Waals surface area contributed by atoms with Gasteiger partial charge in [0.15, 0.2) is 0 Å². The van der Waals surface area contributed by atoms with E-state index in [0.717, 1.165) is 16.7 Å². The van der Waals surface area contributed by atoms with E-state index in [1.165, 1.54) is 0 Å². The molecule has 2 aromatic carbocycles. The molecule has 0 saturated carbocycles. The summed E-state index contributed by atoms with van der Waals surface area (Å²) >= 11 is 0. The van der Waals surface area contributed by atoms with E-state index in [1.807, 2.05) is 37.3 Å². The molecule has 0 heterocycles. The fourth-order valence-electron chi connectivity index (χ4n) is 2.08. The fourth-order valence-corrected chi connectivity index (χ4v) is 2.08. The van der Waals surface area contributed by atoms with E-state index >= 15 is 0 Å². The van der Waals surface area contributed by atoms with Crippen LogP contribution in [0.4, 0.5) is 4.79 Å². The lowest BCUT2D eigenvalue weighted by Crippen LogP contribution is -2.34. The van der Waals surface area contributed by atoms with Crippen LogP contribution < -0.4 is 16.4 Å². The monoisotopic (exact) mass is 297 g/mol. The molecule has 0 aromatic heterocycles. The molecule has 0 fully saturated rings. The number of urea groups is 1. The van der Waals surface area contributed by atoms with E-state index in [1.54, 1.807) is 18.2 Å². The minimum atomic E-state index is -0.481. The number of hydrogen-bond donors (Lipinski definition) is 3. The fraction of sp³-hybridized carbons (Fsp3) is 0.176. The Morgan fingerprint density at radius 3 is 2.14 bits per heavy atom. The van der Waals surface area contributed by atoms with Crippen molar-refractivity contribution < 1.29 is 9.59 Å². The molecule has 114 valence electrons. The third-order valence-electron chi connectivity index (χ3n) is 3.20. The Balaban J connectivity index is 1.83. The number of primary amides is 1. The van der Waals surface area contributed by atoms with Gasteiger partial charge in [-0.25, -0.2) is 4.79 Å². The molecular formula is C17H19N3O2. The quantitative estimate of drug-likeness (QED) is 0.789. The molecule has 2 rings (SSSR count). The molecule has 5 heteroatoms. The van der Waals surface area contributed by atoms with Crippen LogP contribution in [0.25, 0.3) is 0 Å². The molecule has 22 heavy (non-hydrogen) atoms. The summed E-state index contributed by atoms with van der Waals surface area (Å²) in [5, 5.41) is 5.54. The van der Waals surface area contributed by atoms with E-state index in [0.29, 0.717) is 18.7 Å². The summed E-state index contributed by atoms with van der Waals surface area (Å²) in [6.45, 7) is 2.81. The Morgan fingerprint density at radius 2 is 1.55 bits per heavy atom. The highest BCUT2D eigenvalue weighted by Crippen LogP contribution is 2.05. The van der Waals surface area contributed by atoms with Gasteiger partial charge in [0, 0.05) is 18.7 Å². The predicted octanol–water partition coefficient (Wildman–Crippen LogP) is 2.09. The summed E-state index contributed by atoms with van der Waals surface area (Å²) in [5.41, 5.74) is 8.68. The molecule has 0 spiro atoms. The van der Waals surface area contributed by atoms with Crippen LogP contribution in [0, 0.1) is 6.92 Å². The number of rotatable bonds is 5. The number of amides is 3. The Hall–Kier alpha value is -2.82. The molecule has 0 aliphatic heterocycles. The SMILES string of the molecule is Cc1cccc(CNC(=O)NCc2cccc(C(N)=O)c2)c1. The minimum Gasteiger partial charge on any atom is -0.366 e. The summed E-state index contributed by atoms with van der Waals surface area (Å²) in [5.74, 6) is -0.481. The van der Waals surface area contributed by atoms with E-state index in [4.69, 9.17) is 5.73 Å². The molecule has 0 radical (unpaired) electrons. The normalized spacial score (nSPS) is 10.0. The van der Waals surface area contributed by atoms with Crippen LogP contribution in [0.3, 0.4) is 0 Å². The van der Waals surface area contributed by atoms with Crippen molar-refractivity contribution in [3.05, 3.63) is 70.8 Å². The van der Waals surface area contributed by atoms with Crippen LogP contribution in [0.15, 0.2) is 48.5 Å². The maximum Gasteiger partial charge on any atom is 0.315 e.